The van der Waals surface area contributed by atoms with Crippen LogP contribution in [-0.2, 0) is 33.9 Å². The van der Waals surface area contributed by atoms with Crippen molar-refractivity contribution >= 4 is 69.4 Å². The average Bonchev–Trinajstić information content (AvgIpc) is 1.61. The highest BCUT2D eigenvalue weighted by Crippen LogP contribution is 2.52. The Morgan fingerprint density at radius 2 is 0.933 bits per heavy atom. The number of methoxy groups -OCH3 is 7. The van der Waals surface area contributed by atoms with Gasteiger partial charge in [-0.3, -0.25) is 29.7 Å². The van der Waals surface area contributed by atoms with Gasteiger partial charge >= 0.3 is 0 Å². The van der Waals surface area contributed by atoms with Gasteiger partial charge < -0.3 is 79.2 Å². The lowest BCUT2D eigenvalue weighted by Gasteiger charge is -2.25. The molecule has 2 aliphatic heterocycles. The molecule has 119 heavy (non-hydrogen) atoms. The number of halogens is 2. The number of nitrogens with one attached hydrogen (secondary N) is 5. The number of imidazole rings is 1. The van der Waals surface area contributed by atoms with E-state index in [1.807, 2.05) is 62.4 Å². The maximum absolute atomic E-state index is 14.7. The number of hydrogen-bond donors (Lipinski definition) is 8. The zero-order valence-corrected chi connectivity index (χ0v) is 69.5. The fourth-order valence-corrected chi connectivity index (χ4v) is 16.4. The van der Waals surface area contributed by atoms with E-state index >= 15 is 0 Å². The van der Waals surface area contributed by atoms with Gasteiger partial charge in [0.1, 0.15) is 29.3 Å². The standard InChI is InChI=1S/C32H35FN4O4.C32H31FN4O4.C30H38N2O5/c1-19-25(12-21-13-27(40-3)31(38)28(14-21)41-4)24-8-7-22(33)15-26(24)29(19)30(36-23-9-11-37(2)18-23)32(39)35-17-20-6-5-10-34-16-20;1-19-25(13-21-14-27(40-2)31(38)28(15-21)41-3)23-7-6-22(33)16-26(23)30(19)24(8-9-29-35-11-12-36-29)32(39)37-18-20-5-4-10-34-17-20;1-7-8-23(30(34)31-20-11-12-32(3)17-20)28-18(2)24(22-10-9-21(35-4)16-25(22)28)13-19-14-26(36-5)29(33)27(15-19)37-6/h5-8,10,12-16,23,30,36,38H,9,11,17-18H2,1-4H3,(H,35,39);4-7,10-17,24,38H,8-9,18H2,1-3H3,(H,35,36)(H,37,39);9-10,13-16,20,23,33H,7-8,11-12,17H2,1-6H3,(H,31,34)/b25-12-;25-13-;24-13-. The van der Waals surface area contributed by atoms with Crippen LogP contribution in [-0.4, -0.2) is 171 Å². The SMILES string of the molecule is CCCC(C(=O)NC1CCN(C)C1)C1=C(C)/C(=C/c2cc(OC)c(O)c(OC)c2)c2ccc(OC)cc21.COc1cc(/C=C2/C(C)=C(C(CCc3ncc[nH]3)C(=O)NCc3cccnc3)c3cc(F)ccc32)cc(OC)c1O.COc1cc(/C=C2/C(C)=C(C(NC3CCN(C)C3)C(=O)NCc3cccnc3)c3cc(F)ccc32)cc(OC)c1O. The maximum atomic E-state index is 14.7. The monoisotopic (exact) mass is 1620 g/mol. The van der Waals surface area contributed by atoms with E-state index in [1.54, 1.807) is 92.8 Å². The zero-order chi connectivity index (χ0) is 84.7. The second kappa shape index (κ2) is 39.1. The van der Waals surface area contributed by atoms with Gasteiger partial charge in [-0.25, -0.2) is 13.8 Å². The second-order valence-corrected chi connectivity index (χ2v) is 30.1. The number of phenols is 3. The summed E-state index contributed by atoms with van der Waals surface area (Å²) in [7, 11) is 14.7. The van der Waals surface area contributed by atoms with Gasteiger partial charge in [0, 0.05) is 81.9 Å². The van der Waals surface area contributed by atoms with Crippen LogP contribution in [0.3, 0.4) is 0 Å². The minimum atomic E-state index is -0.710. The number of pyridine rings is 2. The predicted octanol–water partition coefficient (Wildman–Crippen LogP) is 14.8. The van der Waals surface area contributed by atoms with Gasteiger partial charge in [0.15, 0.2) is 34.5 Å². The summed E-state index contributed by atoms with van der Waals surface area (Å²) in [4.78, 5) is 61.5. The highest BCUT2D eigenvalue weighted by Gasteiger charge is 2.39. The number of benzene rings is 6. The van der Waals surface area contributed by atoms with Crippen LogP contribution in [0.2, 0.25) is 0 Å². The smallest absolute Gasteiger partial charge is 0.242 e. The van der Waals surface area contributed by atoms with Crippen molar-refractivity contribution in [2.45, 2.75) is 97.4 Å². The number of amides is 3. The summed E-state index contributed by atoms with van der Waals surface area (Å²) >= 11 is 0. The summed E-state index contributed by atoms with van der Waals surface area (Å²) in [6.07, 6.45) is 20.7. The number of H-pyrrole nitrogens is 1. The lowest BCUT2D eigenvalue weighted by atomic mass is 9.87. The molecule has 3 amide bonds. The van der Waals surface area contributed by atoms with E-state index in [0.717, 1.165) is 164 Å². The highest BCUT2D eigenvalue weighted by molar-refractivity contribution is 6.13. The second-order valence-electron chi connectivity index (χ2n) is 30.1. The molecular weight excluding hydrogens is 1520 g/mol. The van der Waals surface area contributed by atoms with Gasteiger partial charge in [-0.2, -0.15) is 0 Å². The third-order valence-corrected chi connectivity index (χ3v) is 22.4. The molecule has 5 aliphatic rings. The maximum Gasteiger partial charge on any atom is 0.242 e. The fraction of sp³-hybridized carbons (Fsp3) is 0.319. The van der Waals surface area contributed by atoms with Gasteiger partial charge in [0.05, 0.1) is 61.6 Å². The molecule has 3 aliphatic carbocycles. The molecule has 2 saturated heterocycles. The normalized spacial score (nSPS) is 17.2. The first-order valence-electron chi connectivity index (χ1n) is 39.7. The Hall–Kier alpha value is -12.6. The molecule has 14 rings (SSSR count). The largest absolute Gasteiger partial charge is 0.502 e. The molecule has 5 heterocycles. The summed E-state index contributed by atoms with van der Waals surface area (Å²) in [6, 6.07) is 32.8. The molecule has 622 valence electrons. The molecule has 0 bridgehead atoms. The van der Waals surface area contributed by atoms with Crippen LogP contribution in [0.5, 0.6) is 57.5 Å². The van der Waals surface area contributed by atoms with Crippen LogP contribution in [0.4, 0.5) is 8.78 Å². The number of ether oxygens (including phenoxy) is 7. The molecule has 25 heteroatoms. The van der Waals surface area contributed by atoms with E-state index in [9.17, 15) is 38.5 Å². The number of allylic oxidation sites excluding steroid dienone is 6. The number of carbonyl (C=O) groups excluding carboxylic acids is 3. The molecule has 0 spiro atoms. The van der Waals surface area contributed by atoms with Crippen LogP contribution in [0.15, 0.2) is 169 Å². The van der Waals surface area contributed by atoms with E-state index in [-0.39, 0.29) is 87.6 Å². The number of carbonyl (C=O) groups is 3. The third-order valence-electron chi connectivity index (χ3n) is 22.4. The Bertz CT molecular complexity index is 5320. The number of fused-ring (bicyclic) bond motifs is 3. The molecule has 8 N–H and O–H groups in total. The van der Waals surface area contributed by atoms with Crippen molar-refractivity contribution in [3.63, 3.8) is 0 Å². The average molecular weight is 1620 g/mol. The molecule has 9 aromatic rings. The van der Waals surface area contributed by atoms with E-state index < -0.39 is 12.0 Å². The first kappa shape index (κ1) is 85.8. The number of aromatic amines is 1. The topological polar surface area (TPSA) is 286 Å². The van der Waals surface area contributed by atoms with Crippen molar-refractivity contribution in [2.24, 2.45) is 11.8 Å². The summed E-state index contributed by atoms with van der Waals surface area (Å²) in [6.45, 7) is 12.4. The van der Waals surface area contributed by atoms with Gasteiger partial charge in [-0.1, -0.05) is 43.7 Å². The number of aromatic nitrogens is 4. The van der Waals surface area contributed by atoms with E-state index in [1.165, 1.54) is 66.9 Å². The molecule has 0 radical (unpaired) electrons. The highest BCUT2D eigenvalue weighted by atomic mass is 19.1. The number of likely N-dealkylation sites (tertiary alicyclic amines) is 2. The van der Waals surface area contributed by atoms with E-state index in [2.05, 4.69) is 91.1 Å². The Morgan fingerprint density at radius 3 is 1.34 bits per heavy atom. The van der Waals surface area contributed by atoms with E-state index in [0.29, 0.717) is 48.6 Å². The van der Waals surface area contributed by atoms with Crippen molar-refractivity contribution in [1.29, 1.82) is 0 Å². The van der Waals surface area contributed by atoms with Crippen molar-refractivity contribution in [2.75, 3.05) is 90.0 Å². The quantitative estimate of drug-likeness (QED) is 0.0226. The van der Waals surface area contributed by atoms with Crippen LogP contribution in [0.1, 0.15) is 127 Å². The zero-order valence-electron chi connectivity index (χ0n) is 69.5. The number of aromatic hydroxyl groups is 3. The first-order chi connectivity index (χ1) is 57.5. The summed E-state index contributed by atoms with van der Waals surface area (Å²) < 4.78 is 67.1. The fourth-order valence-electron chi connectivity index (χ4n) is 16.4. The van der Waals surface area contributed by atoms with Crippen LogP contribution >= 0.6 is 0 Å². The summed E-state index contributed by atoms with van der Waals surface area (Å²) in [5.41, 5.74) is 17.1. The molecule has 23 nitrogen and oxygen atoms in total. The van der Waals surface area contributed by atoms with Gasteiger partial charge in [0.25, 0.3) is 0 Å². The van der Waals surface area contributed by atoms with Crippen molar-refractivity contribution in [3.05, 3.63) is 248 Å². The number of likely N-dealkylation sites (N-methyl/N-ethyl adjacent to an activating group) is 2. The van der Waals surface area contributed by atoms with Crippen LogP contribution < -0.4 is 54.4 Å². The number of rotatable bonds is 28. The third kappa shape index (κ3) is 19.7. The van der Waals surface area contributed by atoms with Crippen molar-refractivity contribution in [3.8, 4) is 57.5 Å². The van der Waals surface area contributed by atoms with Crippen LogP contribution in [0.25, 0.3) is 51.7 Å². The number of phenolic OH excluding ortho intramolecular Hbond substituents is 3. The first-order valence-corrected chi connectivity index (χ1v) is 39.7. The Balaban J connectivity index is 0.000000164. The van der Waals surface area contributed by atoms with Crippen LogP contribution in [0, 0.1) is 23.5 Å². The summed E-state index contributed by atoms with van der Waals surface area (Å²) in [5.74, 6) is 1.18. The Labute approximate surface area is 693 Å². The molecule has 0 saturated carbocycles. The molecular formula is C94H104F2N10O13. The lowest BCUT2D eigenvalue weighted by Crippen LogP contribution is -2.49. The Kier molecular flexibility index (Phi) is 28.2. The molecule has 5 unspecified atom stereocenters. The lowest BCUT2D eigenvalue weighted by molar-refractivity contribution is -0.124. The van der Waals surface area contributed by atoms with Gasteiger partial charge in [-0.15, -0.1) is 0 Å². The number of hydrogen-bond acceptors (Lipinski definition) is 19. The minimum absolute atomic E-state index is 0.0334. The molecule has 6 aromatic carbocycles. The summed E-state index contributed by atoms with van der Waals surface area (Å²) in [5, 5.41) is 44.2. The molecule has 3 aromatic heterocycles. The van der Waals surface area contributed by atoms with Crippen molar-refractivity contribution < 1.29 is 71.6 Å². The number of aryl methyl sites for hydroxylation is 1. The molecule has 5 atom stereocenters. The Morgan fingerprint density at radius 1 is 0.513 bits per heavy atom. The van der Waals surface area contributed by atoms with Gasteiger partial charge in [0.2, 0.25) is 35.0 Å². The van der Waals surface area contributed by atoms with Crippen molar-refractivity contribution in [1.82, 2.24) is 51.0 Å². The minimum Gasteiger partial charge on any atom is -0.502 e. The van der Waals surface area contributed by atoms with Gasteiger partial charge in [-0.05, 0) is 288 Å². The van der Waals surface area contributed by atoms with E-state index in [4.69, 9.17) is 33.2 Å². The predicted molar refractivity (Wildman–Crippen MR) is 459 cm³/mol. The molecule has 2 fully saturated rings. The number of nitrogens with zero attached hydrogens (tertiary/aromatic N) is 5.